The summed E-state index contributed by atoms with van der Waals surface area (Å²) in [6.07, 6.45) is 1.30. The molecule has 0 spiro atoms. The minimum absolute atomic E-state index is 0.109. The number of nitro groups is 1. The van der Waals surface area contributed by atoms with Crippen molar-refractivity contribution < 1.29 is 9.72 Å². The molecule has 0 atom stereocenters. The Hall–Kier alpha value is -2.98. The zero-order valence-electron chi connectivity index (χ0n) is 11.7. The molecule has 0 saturated heterocycles. The van der Waals surface area contributed by atoms with Gasteiger partial charge in [0.25, 0.3) is 11.6 Å². The van der Waals surface area contributed by atoms with Crippen molar-refractivity contribution in [3.8, 4) is 6.07 Å². The molecule has 0 bridgehead atoms. The Morgan fingerprint density at radius 3 is 2.65 bits per heavy atom. The van der Waals surface area contributed by atoms with E-state index in [1.54, 1.807) is 36.4 Å². The number of para-hydroxylation sites is 1. The Morgan fingerprint density at radius 1 is 1.26 bits per heavy atom. The molecule has 23 heavy (non-hydrogen) atoms. The summed E-state index contributed by atoms with van der Waals surface area (Å²) in [5, 5.41) is 22.5. The summed E-state index contributed by atoms with van der Waals surface area (Å²) in [4.78, 5) is 22.4. The molecule has 2 aromatic carbocycles. The number of hydrogen-bond donors (Lipinski definition) is 1. The highest BCUT2D eigenvalue weighted by atomic mass is 79.9. The highest BCUT2D eigenvalue weighted by Gasteiger charge is 2.12. The fourth-order valence-electron chi connectivity index (χ4n) is 1.80. The highest BCUT2D eigenvalue weighted by Crippen LogP contribution is 2.22. The topological polar surface area (TPSA) is 96.0 Å². The number of nitriles is 1. The highest BCUT2D eigenvalue weighted by molar-refractivity contribution is 9.10. The summed E-state index contributed by atoms with van der Waals surface area (Å²) in [5.41, 5.74) is 0.666. The molecule has 0 aromatic heterocycles. The summed E-state index contributed by atoms with van der Waals surface area (Å²) in [7, 11) is 0. The van der Waals surface area contributed by atoms with E-state index in [1.165, 1.54) is 24.3 Å². The van der Waals surface area contributed by atoms with Crippen LogP contribution in [0.3, 0.4) is 0 Å². The molecule has 0 unspecified atom stereocenters. The lowest BCUT2D eigenvalue weighted by molar-refractivity contribution is -0.384. The summed E-state index contributed by atoms with van der Waals surface area (Å²) in [5.74, 6) is -0.592. The van der Waals surface area contributed by atoms with Crippen LogP contribution >= 0.6 is 15.9 Å². The second-order valence-corrected chi connectivity index (χ2v) is 5.31. The normalized spacial score (nSPS) is 10.7. The number of nitro benzene ring substituents is 1. The molecule has 0 heterocycles. The predicted octanol–water partition coefficient (Wildman–Crippen LogP) is 3.90. The number of amides is 1. The Morgan fingerprint density at radius 2 is 2.00 bits per heavy atom. The van der Waals surface area contributed by atoms with E-state index in [-0.39, 0.29) is 11.3 Å². The monoisotopic (exact) mass is 371 g/mol. The average Bonchev–Trinajstić information content (AvgIpc) is 2.55. The van der Waals surface area contributed by atoms with Crippen molar-refractivity contribution in [1.82, 2.24) is 0 Å². The first-order valence-electron chi connectivity index (χ1n) is 6.43. The molecule has 1 amide bonds. The van der Waals surface area contributed by atoms with Crippen LogP contribution in [-0.2, 0) is 4.79 Å². The van der Waals surface area contributed by atoms with E-state index in [2.05, 4.69) is 21.2 Å². The summed E-state index contributed by atoms with van der Waals surface area (Å²) >= 11 is 3.30. The van der Waals surface area contributed by atoms with Crippen LogP contribution in [0.1, 0.15) is 5.56 Å². The number of nitrogens with zero attached hydrogens (tertiary/aromatic N) is 2. The third-order valence-corrected chi connectivity index (χ3v) is 3.57. The predicted molar refractivity (Wildman–Crippen MR) is 89.5 cm³/mol. The van der Waals surface area contributed by atoms with Gasteiger partial charge in [0, 0.05) is 16.6 Å². The van der Waals surface area contributed by atoms with Gasteiger partial charge in [0.15, 0.2) is 0 Å². The SMILES string of the molecule is N#C/C(=C\c1cccc([N+](=O)[O-])c1)C(=O)Nc1ccccc1Br. The largest absolute Gasteiger partial charge is 0.320 e. The van der Waals surface area contributed by atoms with Crippen molar-refractivity contribution >= 4 is 39.3 Å². The lowest BCUT2D eigenvalue weighted by atomic mass is 10.1. The number of rotatable bonds is 4. The summed E-state index contributed by atoms with van der Waals surface area (Å²) < 4.78 is 0.681. The molecule has 0 aliphatic rings. The van der Waals surface area contributed by atoms with Gasteiger partial charge >= 0.3 is 0 Å². The van der Waals surface area contributed by atoms with Crippen LogP contribution in [0, 0.1) is 21.4 Å². The van der Waals surface area contributed by atoms with Gasteiger partial charge in [-0.05, 0) is 39.7 Å². The number of carbonyl (C=O) groups excluding carboxylic acids is 1. The van der Waals surface area contributed by atoms with Crippen molar-refractivity contribution in [1.29, 1.82) is 5.26 Å². The molecule has 0 aliphatic carbocycles. The van der Waals surface area contributed by atoms with Gasteiger partial charge in [-0.15, -0.1) is 0 Å². The van der Waals surface area contributed by atoms with Crippen LogP contribution in [0.4, 0.5) is 11.4 Å². The van der Waals surface area contributed by atoms with Crippen LogP contribution in [0.2, 0.25) is 0 Å². The zero-order valence-corrected chi connectivity index (χ0v) is 13.3. The molecule has 0 radical (unpaired) electrons. The van der Waals surface area contributed by atoms with Gasteiger partial charge in [-0.25, -0.2) is 0 Å². The smallest absolute Gasteiger partial charge is 0.270 e. The molecule has 0 saturated carbocycles. The first kappa shape index (κ1) is 16.4. The lowest BCUT2D eigenvalue weighted by Gasteiger charge is -2.06. The van der Waals surface area contributed by atoms with Gasteiger partial charge in [0.2, 0.25) is 0 Å². The van der Waals surface area contributed by atoms with Gasteiger partial charge in [-0.2, -0.15) is 5.26 Å². The van der Waals surface area contributed by atoms with Crippen molar-refractivity contribution in [2.24, 2.45) is 0 Å². The van der Waals surface area contributed by atoms with Crippen molar-refractivity contribution in [3.05, 3.63) is 74.3 Å². The molecular weight excluding hydrogens is 362 g/mol. The van der Waals surface area contributed by atoms with E-state index in [9.17, 15) is 14.9 Å². The number of carbonyl (C=O) groups is 1. The lowest BCUT2D eigenvalue weighted by Crippen LogP contribution is -2.13. The maximum atomic E-state index is 12.2. The molecule has 1 N–H and O–H groups in total. The van der Waals surface area contributed by atoms with Gasteiger partial charge in [-0.1, -0.05) is 24.3 Å². The van der Waals surface area contributed by atoms with Gasteiger partial charge in [-0.3, -0.25) is 14.9 Å². The number of benzene rings is 2. The van der Waals surface area contributed by atoms with Crippen molar-refractivity contribution in [2.75, 3.05) is 5.32 Å². The number of halogens is 1. The molecule has 0 fully saturated rings. The Bertz CT molecular complexity index is 840. The van der Waals surface area contributed by atoms with E-state index < -0.39 is 10.8 Å². The zero-order chi connectivity index (χ0) is 16.8. The van der Waals surface area contributed by atoms with Crippen LogP contribution in [0.15, 0.2) is 58.6 Å². The van der Waals surface area contributed by atoms with E-state index in [4.69, 9.17) is 5.26 Å². The minimum Gasteiger partial charge on any atom is -0.320 e. The third kappa shape index (κ3) is 4.25. The number of hydrogen-bond acceptors (Lipinski definition) is 4. The molecule has 7 heteroatoms. The minimum atomic E-state index is -0.592. The molecule has 2 aromatic rings. The standard InChI is InChI=1S/C16H10BrN3O3/c17-14-6-1-2-7-15(14)19-16(21)12(10-18)8-11-4-3-5-13(9-11)20(22)23/h1-9H,(H,19,21)/b12-8+. The molecule has 0 aliphatic heterocycles. The van der Waals surface area contributed by atoms with E-state index in [0.29, 0.717) is 15.7 Å². The fourth-order valence-corrected chi connectivity index (χ4v) is 2.18. The maximum Gasteiger partial charge on any atom is 0.270 e. The van der Waals surface area contributed by atoms with Crippen LogP contribution in [-0.4, -0.2) is 10.8 Å². The Labute approximate surface area is 140 Å². The molecule has 6 nitrogen and oxygen atoms in total. The third-order valence-electron chi connectivity index (χ3n) is 2.88. The number of nitrogens with one attached hydrogen (secondary N) is 1. The van der Waals surface area contributed by atoms with E-state index >= 15 is 0 Å². The van der Waals surface area contributed by atoms with Gasteiger partial charge < -0.3 is 5.32 Å². The van der Waals surface area contributed by atoms with Crippen molar-refractivity contribution in [2.45, 2.75) is 0 Å². The number of non-ortho nitro benzene ring substituents is 1. The molecular formula is C16H10BrN3O3. The summed E-state index contributed by atoms with van der Waals surface area (Å²) in [6.45, 7) is 0. The first-order valence-corrected chi connectivity index (χ1v) is 7.22. The molecule has 114 valence electrons. The summed E-state index contributed by atoms with van der Waals surface area (Å²) in [6, 6.07) is 14.5. The average molecular weight is 372 g/mol. The van der Waals surface area contributed by atoms with Crippen LogP contribution < -0.4 is 5.32 Å². The second-order valence-electron chi connectivity index (χ2n) is 4.46. The van der Waals surface area contributed by atoms with E-state index in [1.807, 2.05) is 0 Å². The maximum absolute atomic E-state index is 12.2. The Balaban J connectivity index is 2.27. The fraction of sp³-hybridized carbons (Fsp3) is 0. The van der Waals surface area contributed by atoms with Crippen LogP contribution in [0.25, 0.3) is 6.08 Å². The van der Waals surface area contributed by atoms with Gasteiger partial charge in [0.1, 0.15) is 11.6 Å². The van der Waals surface area contributed by atoms with Gasteiger partial charge in [0.05, 0.1) is 10.6 Å². The first-order chi connectivity index (χ1) is 11.0. The Kier molecular flexibility index (Phi) is 5.23. The number of anilines is 1. The second kappa shape index (κ2) is 7.33. The molecule has 2 rings (SSSR count). The quantitative estimate of drug-likeness (QED) is 0.381. The van der Waals surface area contributed by atoms with E-state index in [0.717, 1.165) is 0 Å². The van der Waals surface area contributed by atoms with Crippen LogP contribution in [0.5, 0.6) is 0 Å². The van der Waals surface area contributed by atoms with Crippen molar-refractivity contribution in [3.63, 3.8) is 0 Å².